The normalized spacial score (nSPS) is 11.1. The fourth-order valence-electron chi connectivity index (χ4n) is 2.33. The molecule has 8 nitrogen and oxygen atoms in total. The first-order chi connectivity index (χ1) is 13.4. The molecule has 8 heteroatoms. The van der Waals surface area contributed by atoms with Crippen LogP contribution >= 0.6 is 0 Å². The number of hydrogen-bond donors (Lipinski definition) is 1. The zero-order chi connectivity index (χ0) is 20.7. The van der Waals surface area contributed by atoms with Gasteiger partial charge in [0.05, 0.1) is 32.5 Å². The molecule has 2 aromatic carbocycles. The van der Waals surface area contributed by atoms with E-state index in [9.17, 15) is 14.4 Å². The van der Waals surface area contributed by atoms with Gasteiger partial charge in [-0.25, -0.2) is 9.59 Å². The van der Waals surface area contributed by atoms with Crippen LogP contribution in [0.25, 0.3) is 0 Å². The molecule has 0 saturated carbocycles. The molecule has 1 atom stereocenters. The molecule has 28 heavy (non-hydrogen) atoms. The summed E-state index contributed by atoms with van der Waals surface area (Å²) in [6, 6.07) is 10.9. The van der Waals surface area contributed by atoms with Gasteiger partial charge >= 0.3 is 11.9 Å². The molecule has 0 aliphatic carbocycles. The Balaban J connectivity index is 2.16. The summed E-state index contributed by atoms with van der Waals surface area (Å²) in [4.78, 5) is 36.1. The summed E-state index contributed by atoms with van der Waals surface area (Å²) < 4.78 is 20.0. The summed E-state index contributed by atoms with van der Waals surface area (Å²) in [6.07, 6.45) is -0.836. The first-order valence-corrected chi connectivity index (χ1v) is 8.31. The Bertz CT molecular complexity index is 827. The van der Waals surface area contributed by atoms with Gasteiger partial charge in [0.15, 0.2) is 6.10 Å². The molecule has 0 spiro atoms. The van der Waals surface area contributed by atoms with Gasteiger partial charge < -0.3 is 24.3 Å². The fourth-order valence-corrected chi connectivity index (χ4v) is 2.33. The third-order valence-electron chi connectivity index (χ3n) is 3.78. The Kier molecular flexibility index (Phi) is 6.97. The standard InChI is InChI=1S/C20H21NO7/c1-12(28-17-7-5-16(25-2)6-8-17)18(22)21-15-10-13(19(23)26-3)9-14(11-15)20(24)27-4/h5-12H,1-4H3,(H,21,22). The second-order valence-corrected chi connectivity index (χ2v) is 5.71. The lowest BCUT2D eigenvalue weighted by molar-refractivity contribution is -0.122. The van der Waals surface area contributed by atoms with Crippen molar-refractivity contribution in [1.82, 2.24) is 0 Å². The van der Waals surface area contributed by atoms with E-state index in [2.05, 4.69) is 14.8 Å². The highest BCUT2D eigenvalue weighted by atomic mass is 16.5. The van der Waals surface area contributed by atoms with Gasteiger partial charge in [-0.3, -0.25) is 4.79 Å². The minimum absolute atomic E-state index is 0.101. The third kappa shape index (κ3) is 5.23. The lowest BCUT2D eigenvalue weighted by atomic mass is 10.1. The molecule has 0 aliphatic heterocycles. The molecule has 0 radical (unpaired) electrons. The number of amides is 1. The summed E-state index contributed by atoms with van der Waals surface area (Å²) in [5.74, 6) is -0.609. The highest BCUT2D eigenvalue weighted by Crippen LogP contribution is 2.20. The molecule has 2 rings (SSSR count). The molecule has 1 unspecified atom stereocenters. The van der Waals surface area contributed by atoms with Crippen LogP contribution in [0.4, 0.5) is 5.69 Å². The molecule has 0 bridgehead atoms. The maximum absolute atomic E-state index is 12.4. The number of rotatable bonds is 7. The molecular weight excluding hydrogens is 366 g/mol. The van der Waals surface area contributed by atoms with Gasteiger partial charge in [0.2, 0.25) is 0 Å². The number of hydrogen-bond acceptors (Lipinski definition) is 7. The number of carbonyl (C=O) groups is 3. The number of carbonyl (C=O) groups excluding carboxylic acids is 3. The molecule has 1 N–H and O–H groups in total. The van der Waals surface area contributed by atoms with Crippen molar-refractivity contribution in [2.75, 3.05) is 26.6 Å². The van der Waals surface area contributed by atoms with Gasteiger partial charge in [-0.1, -0.05) is 0 Å². The Morgan fingerprint density at radius 1 is 0.821 bits per heavy atom. The van der Waals surface area contributed by atoms with Crippen molar-refractivity contribution in [1.29, 1.82) is 0 Å². The van der Waals surface area contributed by atoms with Gasteiger partial charge in [-0.05, 0) is 49.4 Å². The lowest BCUT2D eigenvalue weighted by Crippen LogP contribution is -2.30. The van der Waals surface area contributed by atoms with Crippen LogP contribution in [-0.4, -0.2) is 45.3 Å². The summed E-state index contributed by atoms with van der Waals surface area (Å²) in [7, 11) is 3.99. The van der Waals surface area contributed by atoms with Crippen LogP contribution in [0.2, 0.25) is 0 Å². The number of benzene rings is 2. The number of ether oxygens (including phenoxy) is 4. The molecule has 0 fully saturated rings. The van der Waals surface area contributed by atoms with E-state index in [1.807, 2.05) is 0 Å². The molecule has 0 heterocycles. The highest BCUT2D eigenvalue weighted by molar-refractivity contribution is 6.00. The van der Waals surface area contributed by atoms with Crippen molar-refractivity contribution < 1.29 is 33.3 Å². The fraction of sp³-hybridized carbons (Fsp3) is 0.250. The van der Waals surface area contributed by atoms with Crippen LogP contribution in [0.15, 0.2) is 42.5 Å². The molecule has 0 aromatic heterocycles. The third-order valence-corrected chi connectivity index (χ3v) is 3.78. The SMILES string of the molecule is COC(=O)c1cc(NC(=O)C(C)Oc2ccc(OC)cc2)cc(C(=O)OC)c1. The molecular formula is C20H21NO7. The average molecular weight is 387 g/mol. The molecule has 148 valence electrons. The van der Waals surface area contributed by atoms with Crippen LogP contribution in [0, 0.1) is 0 Å². The van der Waals surface area contributed by atoms with Gasteiger partial charge in [-0.15, -0.1) is 0 Å². The second kappa shape index (κ2) is 9.40. The largest absolute Gasteiger partial charge is 0.497 e. The Labute approximate surface area is 162 Å². The zero-order valence-electron chi connectivity index (χ0n) is 16.0. The lowest BCUT2D eigenvalue weighted by Gasteiger charge is -2.16. The average Bonchev–Trinajstić information content (AvgIpc) is 2.72. The Morgan fingerprint density at radius 3 is 1.79 bits per heavy atom. The van der Waals surface area contributed by atoms with Crippen LogP contribution in [0.1, 0.15) is 27.6 Å². The summed E-state index contributed by atoms with van der Waals surface area (Å²) in [5, 5.41) is 2.62. The van der Waals surface area contributed by atoms with Gasteiger partial charge in [0.1, 0.15) is 11.5 Å². The Morgan fingerprint density at radius 2 is 1.32 bits per heavy atom. The van der Waals surface area contributed by atoms with E-state index in [1.165, 1.54) is 32.4 Å². The van der Waals surface area contributed by atoms with E-state index in [4.69, 9.17) is 9.47 Å². The first kappa shape index (κ1) is 20.8. The second-order valence-electron chi connectivity index (χ2n) is 5.71. The molecule has 1 amide bonds. The van der Waals surface area contributed by atoms with E-state index in [1.54, 1.807) is 38.3 Å². The molecule has 0 aliphatic rings. The van der Waals surface area contributed by atoms with E-state index >= 15 is 0 Å². The monoisotopic (exact) mass is 387 g/mol. The number of nitrogens with one attached hydrogen (secondary N) is 1. The minimum atomic E-state index is -0.836. The Hall–Kier alpha value is -3.55. The molecule has 2 aromatic rings. The quantitative estimate of drug-likeness (QED) is 0.729. The van der Waals surface area contributed by atoms with Gasteiger partial charge in [-0.2, -0.15) is 0 Å². The van der Waals surface area contributed by atoms with Gasteiger partial charge in [0.25, 0.3) is 5.91 Å². The van der Waals surface area contributed by atoms with Crippen LogP contribution < -0.4 is 14.8 Å². The van der Waals surface area contributed by atoms with Crippen molar-refractivity contribution in [2.45, 2.75) is 13.0 Å². The topological polar surface area (TPSA) is 100 Å². The first-order valence-electron chi connectivity index (χ1n) is 8.31. The van der Waals surface area contributed by atoms with Crippen molar-refractivity contribution in [3.63, 3.8) is 0 Å². The van der Waals surface area contributed by atoms with Gasteiger partial charge in [0, 0.05) is 5.69 Å². The predicted molar refractivity (Wildman–Crippen MR) is 101 cm³/mol. The van der Waals surface area contributed by atoms with Crippen LogP contribution in [0.3, 0.4) is 0 Å². The van der Waals surface area contributed by atoms with Crippen molar-refractivity contribution in [2.24, 2.45) is 0 Å². The summed E-state index contributed by atoms with van der Waals surface area (Å²) in [6.45, 7) is 1.57. The summed E-state index contributed by atoms with van der Waals surface area (Å²) >= 11 is 0. The predicted octanol–water partition coefficient (Wildman–Crippen LogP) is 2.67. The number of methoxy groups -OCH3 is 3. The smallest absolute Gasteiger partial charge is 0.337 e. The zero-order valence-corrected chi connectivity index (χ0v) is 16.0. The van der Waals surface area contributed by atoms with Crippen molar-refractivity contribution in [3.8, 4) is 11.5 Å². The summed E-state index contributed by atoms with van der Waals surface area (Å²) in [5.41, 5.74) is 0.437. The maximum Gasteiger partial charge on any atom is 0.337 e. The van der Waals surface area contributed by atoms with Crippen LogP contribution in [0.5, 0.6) is 11.5 Å². The van der Waals surface area contributed by atoms with Crippen LogP contribution in [-0.2, 0) is 14.3 Å². The number of esters is 2. The minimum Gasteiger partial charge on any atom is -0.497 e. The van der Waals surface area contributed by atoms with E-state index in [-0.39, 0.29) is 16.8 Å². The van der Waals surface area contributed by atoms with Crippen molar-refractivity contribution >= 4 is 23.5 Å². The van der Waals surface area contributed by atoms with E-state index < -0.39 is 23.9 Å². The maximum atomic E-state index is 12.4. The molecule has 0 saturated heterocycles. The van der Waals surface area contributed by atoms with E-state index in [0.29, 0.717) is 11.5 Å². The highest BCUT2D eigenvalue weighted by Gasteiger charge is 2.18. The number of anilines is 1. The van der Waals surface area contributed by atoms with E-state index in [0.717, 1.165) is 0 Å². The van der Waals surface area contributed by atoms with Crippen molar-refractivity contribution in [3.05, 3.63) is 53.6 Å².